The summed E-state index contributed by atoms with van der Waals surface area (Å²) in [5.74, 6) is 0. The standard InChI is InChI=1S/C11H15N3O/c1-11(2,3)14-10-13-9-7(12)5-4-6-8(9)15-10/h4-6H,12H2,1-3H3,(H,13,14). The van der Waals surface area contributed by atoms with Crippen LogP contribution in [-0.4, -0.2) is 10.5 Å². The van der Waals surface area contributed by atoms with Crippen LogP contribution in [0.4, 0.5) is 11.7 Å². The summed E-state index contributed by atoms with van der Waals surface area (Å²) in [7, 11) is 0. The number of hydrogen-bond donors (Lipinski definition) is 2. The molecule has 1 heterocycles. The maximum absolute atomic E-state index is 5.78. The van der Waals surface area contributed by atoms with Crippen LogP contribution in [0.1, 0.15) is 20.8 Å². The lowest BCUT2D eigenvalue weighted by Gasteiger charge is -2.18. The van der Waals surface area contributed by atoms with E-state index in [9.17, 15) is 0 Å². The van der Waals surface area contributed by atoms with E-state index in [-0.39, 0.29) is 5.54 Å². The number of hydrogen-bond acceptors (Lipinski definition) is 4. The van der Waals surface area contributed by atoms with Crippen LogP contribution in [0.5, 0.6) is 0 Å². The minimum atomic E-state index is -0.0738. The molecular weight excluding hydrogens is 190 g/mol. The number of nitrogens with one attached hydrogen (secondary N) is 1. The first-order valence-electron chi connectivity index (χ1n) is 4.89. The van der Waals surface area contributed by atoms with Crippen molar-refractivity contribution in [2.45, 2.75) is 26.3 Å². The normalized spacial score (nSPS) is 11.9. The van der Waals surface area contributed by atoms with Crippen molar-refractivity contribution >= 4 is 22.8 Å². The molecule has 4 heteroatoms. The van der Waals surface area contributed by atoms with E-state index in [4.69, 9.17) is 10.2 Å². The lowest BCUT2D eigenvalue weighted by molar-refractivity contribution is 0.555. The fraction of sp³-hybridized carbons (Fsp3) is 0.364. The summed E-state index contributed by atoms with van der Waals surface area (Å²) in [6.45, 7) is 6.14. The van der Waals surface area contributed by atoms with Gasteiger partial charge in [0, 0.05) is 5.54 Å². The predicted molar refractivity (Wildman–Crippen MR) is 61.8 cm³/mol. The average Bonchev–Trinajstić information content (AvgIpc) is 2.45. The predicted octanol–water partition coefficient (Wildman–Crippen LogP) is 2.62. The molecule has 0 saturated heterocycles. The largest absolute Gasteiger partial charge is 0.423 e. The highest BCUT2D eigenvalue weighted by molar-refractivity contribution is 5.86. The van der Waals surface area contributed by atoms with Crippen LogP contribution in [0.2, 0.25) is 0 Å². The molecule has 1 aromatic carbocycles. The van der Waals surface area contributed by atoms with Crippen LogP contribution in [0.15, 0.2) is 22.6 Å². The Morgan fingerprint density at radius 1 is 1.33 bits per heavy atom. The maximum atomic E-state index is 5.78. The molecule has 0 aliphatic heterocycles. The van der Waals surface area contributed by atoms with E-state index in [1.54, 1.807) is 0 Å². The van der Waals surface area contributed by atoms with Gasteiger partial charge in [-0.25, -0.2) is 0 Å². The zero-order valence-electron chi connectivity index (χ0n) is 9.16. The van der Waals surface area contributed by atoms with Crippen LogP contribution in [0, 0.1) is 0 Å². The van der Waals surface area contributed by atoms with Crippen molar-refractivity contribution in [3.63, 3.8) is 0 Å². The molecule has 2 rings (SSSR count). The Morgan fingerprint density at radius 2 is 2.07 bits per heavy atom. The third-order valence-corrected chi connectivity index (χ3v) is 1.93. The SMILES string of the molecule is CC(C)(C)Nc1nc2c(N)cccc2o1. The van der Waals surface area contributed by atoms with Gasteiger partial charge in [-0.1, -0.05) is 6.07 Å². The minimum absolute atomic E-state index is 0.0738. The van der Waals surface area contributed by atoms with Crippen molar-refractivity contribution in [2.24, 2.45) is 0 Å². The third kappa shape index (κ3) is 2.03. The summed E-state index contributed by atoms with van der Waals surface area (Å²) in [6, 6.07) is 6.03. The van der Waals surface area contributed by atoms with Gasteiger partial charge < -0.3 is 15.5 Å². The lowest BCUT2D eigenvalue weighted by atomic mass is 10.1. The minimum Gasteiger partial charge on any atom is -0.423 e. The molecule has 2 aromatic rings. The molecule has 0 bridgehead atoms. The van der Waals surface area contributed by atoms with Gasteiger partial charge in [0.1, 0.15) is 5.52 Å². The topological polar surface area (TPSA) is 64.1 Å². The number of oxazole rings is 1. The number of nitrogen functional groups attached to an aromatic ring is 1. The molecule has 0 atom stereocenters. The number of anilines is 2. The highest BCUT2D eigenvalue weighted by atomic mass is 16.4. The molecule has 0 amide bonds. The Bertz CT molecular complexity index is 482. The summed E-state index contributed by atoms with van der Waals surface area (Å²) in [5, 5.41) is 3.16. The second-order valence-electron chi connectivity index (χ2n) is 4.59. The number of fused-ring (bicyclic) bond motifs is 1. The lowest BCUT2D eigenvalue weighted by Crippen LogP contribution is -2.26. The van der Waals surface area contributed by atoms with E-state index in [0.29, 0.717) is 22.8 Å². The van der Waals surface area contributed by atoms with Crippen molar-refractivity contribution in [1.29, 1.82) is 0 Å². The van der Waals surface area contributed by atoms with Crippen molar-refractivity contribution < 1.29 is 4.42 Å². The van der Waals surface area contributed by atoms with Gasteiger partial charge in [0.05, 0.1) is 5.69 Å². The number of nitrogens with two attached hydrogens (primary N) is 1. The smallest absolute Gasteiger partial charge is 0.296 e. The highest BCUT2D eigenvalue weighted by Crippen LogP contribution is 2.25. The number of nitrogens with zero attached hydrogens (tertiary/aromatic N) is 1. The Hall–Kier alpha value is -1.71. The second-order valence-corrected chi connectivity index (χ2v) is 4.59. The summed E-state index contributed by atoms with van der Waals surface area (Å²) >= 11 is 0. The van der Waals surface area contributed by atoms with Gasteiger partial charge in [-0.15, -0.1) is 0 Å². The molecule has 0 saturated carbocycles. The van der Waals surface area contributed by atoms with Crippen molar-refractivity contribution in [3.8, 4) is 0 Å². The van der Waals surface area contributed by atoms with E-state index in [0.717, 1.165) is 0 Å². The number of rotatable bonds is 1. The van der Waals surface area contributed by atoms with Crippen LogP contribution in [0.25, 0.3) is 11.1 Å². The van der Waals surface area contributed by atoms with Gasteiger partial charge >= 0.3 is 0 Å². The summed E-state index contributed by atoms with van der Waals surface area (Å²) < 4.78 is 5.52. The quantitative estimate of drug-likeness (QED) is 0.702. The van der Waals surface area contributed by atoms with Gasteiger partial charge in [0.2, 0.25) is 0 Å². The molecule has 1 aromatic heterocycles. The molecule has 0 fully saturated rings. The van der Waals surface area contributed by atoms with E-state index in [2.05, 4.69) is 10.3 Å². The van der Waals surface area contributed by atoms with Crippen LogP contribution < -0.4 is 11.1 Å². The Balaban J connectivity index is 2.44. The first-order chi connectivity index (χ1) is 6.96. The number of benzene rings is 1. The van der Waals surface area contributed by atoms with E-state index in [1.807, 2.05) is 39.0 Å². The zero-order chi connectivity index (χ0) is 11.1. The highest BCUT2D eigenvalue weighted by Gasteiger charge is 2.14. The van der Waals surface area contributed by atoms with Crippen LogP contribution >= 0.6 is 0 Å². The first kappa shape index (κ1) is 9.83. The Labute approximate surface area is 88.5 Å². The summed E-state index contributed by atoms with van der Waals surface area (Å²) in [6.07, 6.45) is 0. The molecule has 4 nitrogen and oxygen atoms in total. The molecule has 15 heavy (non-hydrogen) atoms. The van der Waals surface area contributed by atoms with Crippen LogP contribution in [-0.2, 0) is 0 Å². The first-order valence-corrected chi connectivity index (χ1v) is 4.89. The van der Waals surface area contributed by atoms with E-state index in [1.165, 1.54) is 0 Å². The molecule has 0 aliphatic carbocycles. The maximum Gasteiger partial charge on any atom is 0.296 e. The second kappa shape index (κ2) is 3.15. The summed E-state index contributed by atoms with van der Waals surface area (Å²) in [4.78, 5) is 4.29. The molecule has 0 unspecified atom stereocenters. The Morgan fingerprint density at radius 3 is 2.67 bits per heavy atom. The summed E-state index contributed by atoms with van der Waals surface area (Å²) in [5.41, 5.74) is 7.77. The van der Waals surface area contributed by atoms with Crippen molar-refractivity contribution in [2.75, 3.05) is 11.1 Å². The average molecular weight is 205 g/mol. The molecule has 0 radical (unpaired) electrons. The Kier molecular flexibility index (Phi) is 2.07. The van der Waals surface area contributed by atoms with E-state index < -0.39 is 0 Å². The van der Waals surface area contributed by atoms with Crippen LogP contribution in [0.3, 0.4) is 0 Å². The fourth-order valence-corrected chi connectivity index (χ4v) is 1.34. The monoisotopic (exact) mass is 205 g/mol. The number of para-hydroxylation sites is 1. The molecule has 0 spiro atoms. The van der Waals surface area contributed by atoms with Gasteiger partial charge in [-0.2, -0.15) is 4.98 Å². The molecule has 80 valence electrons. The molecular formula is C11H15N3O. The zero-order valence-corrected chi connectivity index (χ0v) is 9.16. The van der Waals surface area contributed by atoms with Crippen molar-refractivity contribution in [1.82, 2.24) is 4.98 Å². The van der Waals surface area contributed by atoms with Gasteiger partial charge in [-0.3, -0.25) is 0 Å². The molecule has 0 aliphatic rings. The number of aromatic nitrogens is 1. The van der Waals surface area contributed by atoms with Crippen molar-refractivity contribution in [3.05, 3.63) is 18.2 Å². The van der Waals surface area contributed by atoms with Gasteiger partial charge in [0.25, 0.3) is 6.01 Å². The third-order valence-electron chi connectivity index (χ3n) is 1.93. The van der Waals surface area contributed by atoms with Gasteiger partial charge in [-0.05, 0) is 32.9 Å². The fourth-order valence-electron chi connectivity index (χ4n) is 1.34. The van der Waals surface area contributed by atoms with E-state index >= 15 is 0 Å². The van der Waals surface area contributed by atoms with Gasteiger partial charge in [0.15, 0.2) is 5.58 Å². The molecule has 3 N–H and O–H groups in total.